The van der Waals surface area contributed by atoms with Crippen molar-refractivity contribution in [2.45, 2.75) is 25.9 Å². The minimum atomic E-state index is 0.454. The molecule has 13 heavy (non-hydrogen) atoms. The van der Waals surface area contributed by atoms with E-state index in [4.69, 9.17) is 9.47 Å². The van der Waals surface area contributed by atoms with Gasteiger partial charge in [-0.2, -0.15) is 0 Å². The SMILES string of the molecule is C=C(CN1C(C)COCC1C)OC. The molecule has 0 aliphatic carbocycles. The summed E-state index contributed by atoms with van der Waals surface area (Å²) in [6.07, 6.45) is 0. The first-order valence-electron chi connectivity index (χ1n) is 4.70. The quantitative estimate of drug-likeness (QED) is 0.618. The Morgan fingerprint density at radius 2 is 2.00 bits per heavy atom. The molecular formula is C10H19NO2. The molecule has 3 heteroatoms. The van der Waals surface area contributed by atoms with E-state index in [1.807, 2.05) is 0 Å². The lowest BCUT2D eigenvalue weighted by molar-refractivity contribution is -0.0366. The van der Waals surface area contributed by atoms with Crippen LogP contribution >= 0.6 is 0 Å². The first-order valence-corrected chi connectivity index (χ1v) is 4.70. The molecule has 0 radical (unpaired) electrons. The lowest BCUT2D eigenvalue weighted by atomic mass is 10.1. The highest BCUT2D eigenvalue weighted by molar-refractivity contribution is 4.91. The van der Waals surface area contributed by atoms with Gasteiger partial charge in [0.2, 0.25) is 0 Å². The third-order valence-corrected chi connectivity index (χ3v) is 2.50. The van der Waals surface area contributed by atoms with E-state index in [-0.39, 0.29) is 0 Å². The molecule has 2 atom stereocenters. The molecule has 0 saturated carbocycles. The van der Waals surface area contributed by atoms with Crippen LogP contribution in [0.2, 0.25) is 0 Å². The summed E-state index contributed by atoms with van der Waals surface area (Å²) in [7, 11) is 1.66. The summed E-state index contributed by atoms with van der Waals surface area (Å²) in [6.45, 7) is 10.6. The molecule has 0 bridgehead atoms. The second-order valence-corrected chi connectivity index (χ2v) is 3.65. The van der Waals surface area contributed by atoms with Gasteiger partial charge in [-0.3, -0.25) is 4.90 Å². The van der Waals surface area contributed by atoms with E-state index in [2.05, 4.69) is 25.3 Å². The van der Waals surface area contributed by atoms with E-state index >= 15 is 0 Å². The number of hydrogen-bond donors (Lipinski definition) is 0. The molecule has 1 heterocycles. The maximum absolute atomic E-state index is 5.43. The molecule has 1 aliphatic heterocycles. The zero-order chi connectivity index (χ0) is 9.84. The number of ether oxygens (including phenoxy) is 2. The van der Waals surface area contributed by atoms with Crippen molar-refractivity contribution < 1.29 is 9.47 Å². The fourth-order valence-electron chi connectivity index (χ4n) is 1.61. The van der Waals surface area contributed by atoms with Crippen molar-refractivity contribution in [3.05, 3.63) is 12.3 Å². The van der Waals surface area contributed by atoms with Crippen molar-refractivity contribution in [2.24, 2.45) is 0 Å². The Kier molecular flexibility index (Phi) is 3.75. The minimum Gasteiger partial charge on any atom is -0.500 e. The Balaban J connectivity index is 2.48. The van der Waals surface area contributed by atoms with Crippen LogP contribution < -0.4 is 0 Å². The first-order chi connectivity index (χ1) is 6.15. The number of rotatable bonds is 3. The second kappa shape index (κ2) is 4.63. The van der Waals surface area contributed by atoms with Gasteiger partial charge in [0.25, 0.3) is 0 Å². The Hall–Kier alpha value is -0.540. The first kappa shape index (κ1) is 10.5. The fourth-order valence-corrected chi connectivity index (χ4v) is 1.61. The van der Waals surface area contributed by atoms with E-state index in [0.717, 1.165) is 25.5 Å². The van der Waals surface area contributed by atoms with Gasteiger partial charge in [0.05, 0.1) is 26.9 Å². The summed E-state index contributed by atoms with van der Waals surface area (Å²) in [5, 5.41) is 0. The van der Waals surface area contributed by atoms with Crippen molar-refractivity contribution in [1.29, 1.82) is 0 Å². The van der Waals surface area contributed by atoms with Crippen LogP contribution in [-0.4, -0.2) is 43.9 Å². The monoisotopic (exact) mass is 185 g/mol. The van der Waals surface area contributed by atoms with Crippen LogP contribution in [0.3, 0.4) is 0 Å². The van der Waals surface area contributed by atoms with Crippen molar-refractivity contribution in [3.63, 3.8) is 0 Å². The number of morpholine rings is 1. The zero-order valence-electron chi connectivity index (χ0n) is 8.75. The summed E-state index contributed by atoms with van der Waals surface area (Å²) in [4.78, 5) is 2.36. The van der Waals surface area contributed by atoms with Crippen LogP contribution in [0.5, 0.6) is 0 Å². The molecule has 0 aromatic heterocycles. The molecular weight excluding hydrogens is 166 g/mol. The van der Waals surface area contributed by atoms with Crippen molar-refractivity contribution >= 4 is 0 Å². The largest absolute Gasteiger partial charge is 0.500 e. The van der Waals surface area contributed by atoms with Gasteiger partial charge in [-0.25, -0.2) is 0 Å². The maximum Gasteiger partial charge on any atom is 0.102 e. The molecule has 0 amide bonds. The number of methoxy groups -OCH3 is 1. The molecule has 1 rings (SSSR count). The van der Waals surface area contributed by atoms with Gasteiger partial charge >= 0.3 is 0 Å². The molecule has 0 spiro atoms. The highest BCUT2D eigenvalue weighted by Crippen LogP contribution is 2.14. The van der Waals surface area contributed by atoms with Crippen LogP contribution in [0.1, 0.15) is 13.8 Å². The molecule has 76 valence electrons. The zero-order valence-corrected chi connectivity index (χ0v) is 8.75. The average Bonchev–Trinajstić information content (AvgIpc) is 2.11. The second-order valence-electron chi connectivity index (χ2n) is 3.65. The minimum absolute atomic E-state index is 0.454. The summed E-state index contributed by atoms with van der Waals surface area (Å²) in [6, 6.07) is 0.909. The van der Waals surface area contributed by atoms with Crippen LogP contribution in [-0.2, 0) is 9.47 Å². The molecule has 0 N–H and O–H groups in total. The lowest BCUT2D eigenvalue weighted by Crippen LogP contribution is -2.50. The fraction of sp³-hybridized carbons (Fsp3) is 0.800. The number of hydrogen-bond acceptors (Lipinski definition) is 3. The van der Waals surface area contributed by atoms with Gasteiger partial charge in [0.15, 0.2) is 0 Å². The smallest absolute Gasteiger partial charge is 0.102 e. The Morgan fingerprint density at radius 1 is 1.46 bits per heavy atom. The molecule has 2 unspecified atom stereocenters. The Morgan fingerprint density at radius 3 is 2.46 bits per heavy atom. The average molecular weight is 185 g/mol. The third-order valence-electron chi connectivity index (χ3n) is 2.50. The Labute approximate surface area is 80.3 Å². The van der Waals surface area contributed by atoms with Crippen LogP contribution in [0.4, 0.5) is 0 Å². The summed E-state index contributed by atoms with van der Waals surface area (Å²) < 4.78 is 10.5. The third kappa shape index (κ3) is 2.71. The number of nitrogens with zero attached hydrogens (tertiary/aromatic N) is 1. The van der Waals surface area contributed by atoms with E-state index in [1.165, 1.54) is 0 Å². The van der Waals surface area contributed by atoms with Gasteiger partial charge in [-0.05, 0) is 13.8 Å². The summed E-state index contributed by atoms with van der Waals surface area (Å²) in [5.74, 6) is 0.820. The van der Waals surface area contributed by atoms with E-state index in [9.17, 15) is 0 Å². The molecule has 3 nitrogen and oxygen atoms in total. The highest BCUT2D eigenvalue weighted by atomic mass is 16.5. The predicted octanol–water partition coefficient (Wildman–Crippen LogP) is 1.26. The van der Waals surface area contributed by atoms with Gasteiger partial charge < -0.3 is 9.47 Å². The van der Waals surface area contributed by atoms with Gasteiger partial charge in [0, 0.05) is 12.1 Å². The topological polar surface area (TPSA) is 21.7 Å². The molecule has 0 aromatic carbocycles. The Bertz CT molecular complexity index is 172. The van der Waals surface area contributed by atoms with Crippen molar-refractivity contribution in [2.75, 3.05) is 26.9 Å². The summed E-state index contributed by atoms with van der Waals surface area (Å²) in [5.41, 5.74) is 0. The standard InChI is InChI=1S/C10H19NO2/c1-8-6-13-7-9(2)11(8)5-10(3)12-4/h8-9H,3,5-7H2,1-2,4H3. The van der Waals surface area contributed by atoms with Crippen LogP contribution in [0.15, 0.2) is 12.3 Å². The lowest BCUT2D eigenvalue weighted by Gasteiger charge is -2.38. The van der Waals surface area contributed by atoms with E-state index in [1.54, 1.807) is 7.11 Å². The van der Waals surface area contributed by atoms with Crippen LogP contribution in [0.25, 0.3) is 0 Å². The van der Waals surface area contributed by atoms with E-state index in [0.29, 0.717) is 12.1 Å². The van der Waals surface area contributed by atoms with Gasteiger partial charge in [-0.15, -0.1) is 0 Å². The van der Waals surface area contributed by atoms with Crippen LogP contribution in [0, 0.1) is 0 Å². The molecule has 1 aliphatic rings. The van der Waals surface area contributed by atoms with Gasteiger partial charge in [0.1, 0.15) is 5.76 Å². The van der Waals surface area contributed by atoms with Crippen molar-refractivity contribution in [3.8, 4) is 0 Å². The van der Waals surface area contributed by atoms with E-state index < -0.39 is 0 Å². The predicted molar refractivity (Wildman–Crippen MR) is 52.6 cm³/mol. The highest BCUT2D eigenvalue weighted by Gasteiger charge is 2.25. The van der Waals surface area contributed by atoms with Crippen molar-refractivity contribution in [1.82, 2.24) is 4.90 Å². The molecule has 1 fully saturated rings. The maximum atomic E-state index is 5.43. The normalized spacial score (nSPS) is 30.1. The summed E-state index contributed by atoms with van der Waals surface area (Å²) >= 11 is 0. The van der Waals surface area contributed by atoms with Gasteiger partial charge in [-0.1, -0.05) is 6.58 Å². The molecule has 1 saturated heterocycles. The molecule has 0 aromatic rings.